The molecular formula is C21H27N3O. The van der Waals surface area contributed by atoms with Crippen molar-refractivity contribution >= 4 is 5.69 Å². The first-order valence-electron chi connectivity index (χ1n) is 9.25. The second-order valence-corrected chi connectivity index (χ2v) is 7.22. The molecule has 4 N–H and O–H groups in total. The quantitative estimate of drug-likeness (QED) is 0.734. The normalized spacial score (nSPS) is 23.4. The molecule has 1 saturated heterocycles. The molecule has 0 bridgehead atoms. The van der Waals surface area contributed by atoms with Crippen LogP contribution in [0, 0.1) is 0 Å². The van der Waals surface area contributed by atoms with Gasteiger partial charge in [-0.05, 0) is 61.7 Å². The zero-order chi connectivity index (χ0) is 17.2. The number of nitrogens with two attached hydrogens (primary N) is 1. The van der Waals surface area contributed by atoms with E-state index in [1.807, 2.05) is 18.2 Å². The molecule has 25 heavy (non-hydrogen) atoms. The maximum atomic E-state index is 5.95. The number of nitrogens with one attached hydrogen (secondary N) is 2. The summed E-state index contributed by atoms with van der Waals surface area (Å²) >= 11 is 0. The molecule has 1 aliphatic heterocycles. The van der Waals surface area contributed by atoms with Crippen LogP contribution in [0.1, 0.15) is 30.7 Å². The fourth-order valence-electron chi connectivity index (χ4n) is 3.90. The van der Waals surface area contributed by atoms with Gasteiger partial charge in [-0.25, -0.2) is 0 Å². The number of anilines is 1. The van der Waals surface area contributed by atoms with Crippen molar-refractivity contribution in [3.63, 3.8) is 0 Å². The van der Waals surface area contributed by atoms with Gasteiger partial charge in [0, 0.05) is 29.3 Å². The van der Waals surface area contributed by atoms with Crippen LogP contribution in [-0.4, -0.2) is 32.3 Å². The number of methoxy groups -OCH3 is 1. The average molecular weight is 337 g/mol. The van der Waals surface area contributed by atoms with Gasteiger partial charge in [0.15, 0.2) is 0 Å². The third-order valence-corrected chi connectivity index (χ3v) is 5.45. The predicted octanol–water partition coefficient (Wildman–Crippen LogP) is 3.14. The van der Waals surface area contributed by atoms with Crippen LogP contribution in [0.25, 0.3) is 11.1 Å². The highest BCUT2D eigenvalue weighted by atomic mass is 16.5. The number of benzene rings is 2. The Balaban J connectivity index is 1.44. The molecule has 4 rings (SSSR count). The monoisotopic (exact) mass is 337 g/mol. The molecule has 0 radical (unpaired) electrons. The van der Waals surface area contributed by atoms with Gasteiger partial charge >= 0.3 is 0 Å². The summed E-state index contributed by atoms with van der Waals surface area (Å²) in [4.78, 5) is 0. The summed E-state index contributed by atoms with van der Waals surface area (Å²) in [6.45, 7) is 2.29. The van der Waals surface area contributed by atoms with Crippen molar-refractivity contribution in [3.05, 3.63) is 48.0 Å². The number of hydrogen-bond acceptors (Lipinski definition) is 4. The van der Waals surface area contributed by atoms with Gasteiger partial charge in [0.05, 0.1) is 7.11 Å². The lowest BCUT2D eigenvalue weighted by Crippen LogP contribution is -2.41. The second-order valence-electron chi connectivity index (χ2n) is 7.22. The molecule has 4 nitrogen and oxygen atoms in total. The van der Waals surface area contributed by atoms with E-state index in [9.17, 15) is 0 Å². The molecule has 2 aromatic carbocycles. The standard InChI is InChI=1S/C21H27N3O/c1-25-21-7-6-16(22)12-19(21)15-4-2-14(3-5-15)18-13-20(18)24-17-8-10-23-11-9-17/h2-7,12,17-18,20,23-24H,8-11,13,22H2,1H3/t18-,20+/m1/s1. The van der Waals surface area contributed by atoms with E-state index < -0.39 is 0 Å². The van der Waals surface area contributed by atoms with Crippen LogP contribution in [0.15, 0.2) is 42.5 Å². The van der Waals surface area contributed by atoms with E-state index in [0.717, 1.165) is 35.7 Å². The zero-order valence-corrected chi connectivity index (χ0v) is 14.8. The van der Waals surface area contributed by atoms with Gasteiger partial charge in [0.25, 0.3) is 0 Å². The van der Waals surface area contributed by atoms with Crippen LogP contribution >= 0.6 is 0 Å². The van der Waals surface area contributed by atoms with Crippen LogP contribution in [0.5, 0.6) is 5.75 Å². The molecule has 2 aliphatic rings. The van der Waals surface area contributed by atoms with Gasteiger partial charge in [-0.3, -0.25) is 0 Å². The Morgan fingerprint density at radius 3 is 2.56 bits per heavy atom. The fourth-order valence-corrected chi connectivity index (χ4v) is 3.90. The molecule has 0 spiro atoms. The minimum absolute atomic E-state index is 0.649. The Kier molecular flexibility index (Phi) is 4.64. The van der Waals surface area contributed by atoms with E-state index in [1.165, 1.54) is 24.8 Å². The zero-order valence-electron chi connectivity index (χ0n) is 14.8. The van der Waals surface area contributed by atoms with Crippen molar-refractivity contribution in [2.75, 3.05) is 25.9 Å². The molecule has 0 unspecified atom stereocenters. The number of rotatable bonds is 5. The fraction of sp³-hybridized carbons (Fsp3) is 0.429. The first-order valence-corrected chi connectivity index (χ1v) is 9.25. The Morgan fingerprint density at radius 2 is 1.84 bits per heavy atom. The van der Waals surface area contributed by atoms with Crippen LogP contribution in [0.2, 0.25) is 0 Å². The molecule has 2 aromatic rings. The van der Waals surface area contributed by atoms with Crippen molar-refractivity contribution < 1.29 is 4.74 Å². The summed E-state index contributed by atoms with van der Waals surface area (Å²) in [6.07, 6.45) is 3.75. The second kappa shape index (κ2) is 7.06. The Bertz CT molecular complexity index is 722. The lowest BCUT2D eigenvalue weighted by Gasteiger charge is -2.24. The van der Waals surface area contributed by atoms with Gasteiger partial charge in [-0.15, -0.1) is 0 Å². The van der Waals surface area contributed by atoms with E-state index in [1.54, 1.807) is 7.11 Å². The number of ether oxygens (including phenoxy) is 1. The Morgan fingerprint density at radius 1 is 1.08 bits per heavy atom. The minimum atomic E-state index is 0.649. The average Bonchev–Trinajstić information content (AvgIpc) is 3.42. The molecule has 0 aromatic heterocycles. The van der Waals surface area contributed by atoms with Crippen molar-refractivity contribution in [2.45, 2.75) is 37.3 Å². The molecular weight excluding hydrogens is 310 g/mol. The maximum Gasteiger partial charge on any atom is 0.126 e. The van der Waals surface area contributed by atoms with E-state index >= 15 is 0 Å². The molecule has 4 heteroatoms. The van der Waals surface area contributed by atoms with Crippen molar-refractivity contribution in [3.8, 4) is 16.9 Å². The van der Waals surface area contributed by atoms with Crippen molar-refractivity contribution in [1.82, 2.24) is 10.6 Å². The first-order chi connectivity index (χ1) is 12.2. The predicted molar refractivity (Wildman–Crippen MR) is 103 cm³/mol. The van der Waals surface area contributed by atoms with Crippen LogP contribution in [-0.2, 0) is 0 Å². The number of piperidine rings is 1. The first kappa shape index (κ1) is 16.4. The molecule has 0 amide bonds. The molecule has 132 valence electrons. The summed E-state index contributed by atoms with van der Waals surface area (Å²) in [5.74, 6) is 1.52. The highest BCUT2D eigenvalue weighted by Gasteiger charge is 2.39. The third kappa shape index (κ3) is 3.65. The lowest BCUT2D eigenvalue weighted by molar-refractivity contribution is 0.383. The van der Waals surface area contributed by atoms with E-state index in [4.69, 9.17) is 10.5 Å². The van der Waals surface area contributed by atoms with Crippen LogP contribution in [0.3, 0.4) is 0 Å². The molecule has 1 heterocycles. The summed E-state index contributed by atoms with van der Waals surface area (Å²) in [6, 6.07) is 16.0. The summed E-state index contributed by atoms with van der Waals surface area (Å²) < 4.78 is 5.48. The summed E-state index contributed by atoms with van der Waals surface area (Å²) in [5.41, 5.74) is 10.3. The lowest BCUT2D eigenvalue weighted by atomic mass is 10.0. The van der Waals surface area contributed by atoms with Gasteiger partial charge in [0.2, 0.25) is 0 Å². The summed E-state index contributed by atoms with van der Waals surface area (Å²) in [5, 5.41) is 7.26. The SMILES string of the molecule is COc1ccc(N)cc1-c1ccc([C@H]2C[C@@H]2NC2CCNCC2)cc1. The molecule has 1 aliphatic carbocycles. The van der Waals surface area contributed by atoms with E-state index in [0.29, 0.717) is 18.0 Å². The smallest absolute Gasteiger partial charge is 0.126 e. The topological polar surface area (TPSA) is 59.3 Å². The van der Waals surface area contributed by atoms with E-state index in [-0.39, 0.29) is 0 Å². The highest BCUT2D eigenvalue weighted by Crippen LogP contribution is 2.42. The summed E-state index contributed by atoms with van der Waals surface area (Å²) in [7, 11) is 1.70. The third-order valence-electron chi connectivity index (χ3n) is 5.45. The van der Waals surface area contributed by atoms with Crippen LogP contribution < -0.4 is 21.1 Å². The Labute approximate surface area is 149 Å². The minimum Gasteiger partial charge on any atom is -0.496 e. The van der Waals surface area contributed by atoms with Crippen LogP contribution in [0.4, 0.5) is 5.69 Å². The Hall–Kier alpha value is -2.04. The molecule has 2 atom stereocenters. The number of hydrogen-bond donors (Lipinski definition) is 3. The molecule has 1 saturated carbocycles. The van der Waals surface area contributed by atoms with Crippen molar-refractivity contribution in [1.29, 1.82) is 0 Å². The van der Waals surface area contributed by atoms with Gasteiger partial charge in [0.1, 0.15) is 5.75 Å². The maximum absolute atomic E-state index is 5.95. The van der Waals surface area contributed by atoms with E-state index in [2.05, 4.69) is 34.9 Å². The van der Waals surface area contributed by atoms with Gasteiger partial charge in [-0.2, -0.15) is 0 Å². The van der Waals surface area contributed by atoms with Crippen molar-refractivity contribution in [2.24, 2.45) is 0 Å². The number of nitrogen functional groups attached to an aromatic ring is 1. The molecule has 2 fully saturated rings. The van der Waals surface area contributed by atoms with Gasteiger partial charge < -0.3 is 21.1 Å². The largest absolute Gasteiger partial charge is 0.496 e. The van der Waals surface area contributed by atoms with Gasteiger partial charge in [-0.1, -0.05) is 24.3 Å². The highest BCUT2D eigenvalue weighted by molar-refractivity contribution is 5.74.